The molecule has 0 bridgehead atoms. The lowest BCUT2D eigenvalue weighted by atomic mass is 9.95. The molecule has 0 spiro atoms. The minimum Gasteiger partial charge on any atom is -0.465 e. The first-order chi connectivity index (χ1) is 10.2. The standard InChI is InChI=1S/C15H17IN2O2S/c1-20-14(19)9-5-7-10(8-6-9)17-15-18-12-4-2-3-11(16)13(12)21-15/h5-8,11-13H,2-4H2,1H3,(H,17,18). The number of amidine groups is 1. The zero-order valence-corrected chi connectivity index (χ0v) is 14.7. The maximum absolute atomic E-state index is 11.4. The number of thioether (sulfide) groups is 1. The third kappa shape index (κ3) is 3.36. The van der Waals surface area contributed by atoms with E-state index in [1.54, 1.807) is 12.1 Å². The van der Waals surface area contributed by atoms with Crippen molar-refractivity contribution in [1.82, 2.24) is 0 Å². The Bertz CT molecular complexity index is 561. The van der Waals surface area contributed by atoms with Crippen LogP contribution in [-0.4, -0.2) is 33.5 Å². The molecule has 21 heavy (non-hydrogen) atoms. The molecule has 3 rings (SSSR count). The molecule has 112 valence electrons. The number of fused-ring (bicyclic) bond motifs is 1. The first kappa shape index (κ1) is 15.1. The molecule has 0 radical (unpaired) electrons. The highest BCUT2D eigenvalue weighted by molar-refractivity contribution is 14.1. The minimum absolute atomic E-state index is 0.312. The Labute approximate surface area is 142 Å². The Balaban J connectivity index is 1.66. The summed E-state index contributed by atoms with van der Waals surface area (Å²) in [6, 6.07) is 7.77. The van der Waals surface area contributed by atoms with Crippen molar-refractivity contribution in [3.8, 4) is 0 Å². The summed E-state index contributed by atoms with van der Waals surface area (Å²) < 4.78 is 5.40. The molecule has 0 aromatic heterocycles. The van der Waals surface area contributed by atoms with Crippen molar-refractivity contribution in [2.24, 2.45) is 4.99 Å². The zero-order valence-electron chi connectivity index (χ0n) is 11.7. The smallest absolute Gasteiger partial charge is 0.337 e. The van der Waals surface area contributed by atoms with Crippen LogP contribution in [-0.2, 0) is 4.74 Å². The quantitative estimate of drug-likeness (QED) is 0.454. The number of rotatable bonds is 2. The molecule has 6 heteroatoms. The molecule has 1 aromatic rings. The molecule has 3 atom stereocenters. The number of alkyl halides is 1. The second-order valence-electron chi connectivity index (χ2n) is 5.22. The molecule has 3 unspecified atom stereocenters. The molecule has 1 heterocycles. The van der Waals surface area contributed by atoms with Gasteiger partial charge in [0.05, 0.1) is 18.7 Å². The first-order valence-electron chi connectivity index (χ1n) is 7.01. The van der Waals surface area contributed by atoms with Crippen molar-refractivity contribution in [3.63, 3.8) is 0 Å². The van der Waals surface area contributed by atoms with Crippen LogP contribution in [0, 0.1) is 0 Å². The lowest BCUT2D eigenvalue weighted by molar-refractivity contribution is 0.0601. The van der Waals surface area contributed by atoms with Gasteiger partial charge in [-0.25, -0.2) is 4.79 Å². The number of nitrogens with zero attached hydrogens (tertiary/aromatic N) is 1. The highest BCUT2D eigenvalue weighted by Gasteiger charge is 2.37. The monoisotopic (exact) mass is 416 g/mol. The molecule has 1 N–H and O–H groups in total. The van der Waals surface area contributed by atoms with Gasteiger partial charge in [-0.3, -0.25) is 4.99 Å². The highest BCUT2D eigenvalue weighted by Crippen LogP contribution is 2.40. The van der Waals surface area contributed by atoms with Crippen LogP contribution < -0.4 is 5.32 Å². The lowest BCUT2D eigenvalue weighted by Gasteiger charge is -2.27. The molecule has 1 fully saturated rings. The number of halogens is 1. The van der Waals surface area contributed by atoms with E-state index in [0.29, 0.717) is 20.8 Å². The van der Waals surface area contributed by atoms with Crippen molar-refractivity contribution >= 4 is 51.2 Å². The fourth-order valence-corrected chi connectivity index (χ4v) is 5.31. The number of benzene rings is 1. The Morgan fingerprint density at radius 1 is 1.38 bits per heavy atom. The molecule has 2 aliphatic rings. The van der Waals surface area contributed by atoms with Gasteiger partial charge < -0.3 is 10.1 Å². The second kappa shape index (κ2) is 6.56. The molecule has 0 amide bonds. The Kier molecular flexibility index (Phi) is 4.73. The highest BCUT2D eigenvalue weighted by atomic mass is 127. The van der Waals surface area contributed by atoms with E-state index in [1.165, 1.54) is 26.4 Å². The summed E-state index contributed by atoms with van der Waals surface area (Å²) in [5, 5.41) is 4.97. The molecule has 1 aliphatic heterocycles. The number of hydrogen-bond donors (Lipinski definition) is 1. The summed E-state index contributed by atoms with van der Waals surface area (Å²) in [6.07, 6.45) is 3.77. The van der Waals surface area contributed by atoms with Crippen LogP contribution in [0.4, 0.5) is 5.69 Å². The van der Waals surface area contributed by atoms with Crippen molar-refractivity contribution < 1.29 is 9.53 Å². The minimum atomic E-state index is -0.312. The van der Waals surface area contributed by atoms with E-state index in [4.69, 9.17) is 9.73 Å². The van der Waals surface area contributed by atoms with Gasteiger partial charge in [0.25, 0.3) is 0 Å². The van der Waals surface area contributed by atoms with Crippen LogP contribution >= 0.6 is 34.4 Å². The topological polar surface area (TPSA) is 50.7 Å². The van der Waals surface area contributed by atoms with Gasteiger partial charge in [0.2, 0.25) is 0 Å². The van der Waals surface area contributed by atoms with E-state index in [-0.39, 0.29) is 5.97 Å². The van der Waals surface area contributed by atoms with Gasteiger partial charge in [-0.15, -0.1) is 0 Å². The summed E-state index contributed by atoms with van der Waals surface area (Å²) in [5.74, 6) is -0.312. The summed E-state index contributed by atoms with van der Waals surface area (Å²) in [6.45, 7) is 0. The number of nitrogens with one attached hydrogen (secondary N) is 1. The van der Waals surface area contributed by atoms with Gasteiger partial charge in [0.15, 0.2) is 5.17 Å². The summed E-state index contributed by atoms with van der Waals surface area (Å²) in [5.41, 5.74) is 1.52. The predicted octanol–water partition coefficient (Wildman–Crippen LogP) is 3.71. The van der Waals surface area contributed by atoms with Gasteiger partial charge >= 0.3 is 5.97 Å². The number of ether oxygens (including phenoxy) is 1. The predicted molar refractivity (Wildman–Crippen MR) is 95.7 cm³/mol. The van der Waals surface area contributed by atoms with Crippen LogP contribution in [0.1, 0.15) is 29.6 Å². The van der Waals surface area contributed by atoms with Gasteiger partial charge in [-0.2, -0.15) is 0 Å². The summed E-state index contributed by atoms with van der Waals surface area (Å²) in [7, 11) is 1.39. The Hall–Kier alpha value is -0.760. The number of carbonyl (C=O) groups excluding carboxylic acids is 1. The number of anilines is 1. The fraction of sp³-hybridized carbons (Fsp3) is 0.467. The maximum atomic E-state index is 11.4. The van der Waals surface area contributed by atoms with Crippen LogP contribution in [0.15, 0.2) is 29.3 Å². The summed E-state index contributed by atoms with van der Waals surface area (Å²) >= 11 is 4.41. The van der Waals surface area contributed by atoms with Gasteiger partial charge in [0, 0.05) is 14.9 Å². The second-order valence-corrected chi connectivity index (χ2v) is 7.99. The van der Waals surface area contributed by atoms with E-state index >= 15 is 0 Å². The molecule has 4 nitrogen and oxygen atoms in total. The van der Waals surface area contributed by atoms with E-state index in [9.17, 15) is 4.79 Å². The molecule has 1 aromatic carbocycles. The van der Waals surface area contributed by atoms with Crippen molar-refractivity contribution in [1.29, 1.82) is 0 Å². The molecule has 1 saturated carbocycles. The summed E-state index contributed by atoms with van der Waals surface area (Å²) in [4.78, 5) is 16.2. The zero-order chi connectivity index (χ0) is 14.8. The van der Waals surface area contributed by atoms with Gasteiger partial charge in [-0.05, 0) is 37.1 Å². The van der Waals surface area contributed by atoms with E-state index in [1.807, 2.05) is 23.9 Å². The van der Waals surface area contributed by atoms with E-state index in [0.717, 1.165) is 10.9 Å². The van der Waals surface area contributed by atoms with E-state index < -0.39 is 0 Å². The first-order valence-corrected chi connectivity index (χ1v) is 9.14. The van der Waals surface area contributed by atoms with Gasteiger partial charge in [0.1, 0.15) is 0 Å². The van der Waals surface area contributed by atoms with Crippen LogP contribution in [0.5, 0.6) is 0 Å². The number of carbonyl (C=O) groups is 1. The molecular formula is C15H17IN2O2S. The SMILES string of the molecule is COC(=O)c1ccc(NC2=NC3CCCC(I)C3S2)cc1. The Morgan fingerprint density at radius 3 is 2.81 bits per heavy atom. The average molecular weight is 416 g/mol. The number of hydrogen-bond acceptors (Lipinski definition) is 5. The maximum Gasteiger partial charge on any atom is 0.337 e. The van der Waals surface area contributed by atoms with Crippen molar-refractivity contribution in [2.45, 2.75) is 34.5 Å². The van der Waals surface area contributed by atoms with Crippen molar-refractivity contribution in [2.75, 3.05) is 12.4 Å². The lowest BCUT2D eigenvalue weighted by Crippen LogP contribution is -2.31. The molecule has 1 aliphatic carbocycles. The third-order valence-electron chi connectivity index (χ3n) is 3.80. The van der Waals surface area contributed by atoms with E-state index in [2.05, 4.69) is 27.9 Å². The molecular weight excluding hydrogens is 399 g/mol. The Morgan fingerprint density at radius 2 is 2.14 bits per heavy atom. The fourth-order valence-electron chi connectivity index (χ4n) is 2.68. The number of esters is 1. The van der Waals surface area contributed by atoms with Crippen LogP contribution in [0.2, 0.25) is 0 Å². The van der Waals surface area contributed by atoms with Crippen LogP contribution in [0.3, 0.4) is 0 Å². The average Bonchev–Trinajstić information content (AvgIpc) is 2.91. The molecule has 0 saturated heterocycles. The van der Waals surface area contributed by atoms with Crippen molar-refractivity contribution in [3.05, 3.63) is 29.8 Å². The number of aliphatic imine (C=N–C) groups is 1. The van der Waals surface area contributed by atoms with Gasteiger partial charge in [-0.1, -0.05) is 40.8 Å². The number of methoxy groups -OCH3 is 1. The normalized spacial score (nSPS) is 27.7. The largest absolute Gasteiger partial charge is 0.465 e. The van der Waals surface area contributed by atoms with Crippen LogP contribution in [0.25, 0.3) is 0 Å². The third-order valence-corrected chi connectivity index (χ3v) is 7.03.